The van der Waals surface area contributed by atoms with Gasteiger partial charge in [-0.15, -0.1) is 11.8 Å². The molecule has 0 bridgehead atoms. The summed E-state index contributed by atoms with van der Waals surface area (Å²) in [6, 6.07) is 14.7. The second-order valence-electron chi connectivity index (χ2n) is 3.88. The fraction of sp³-hybridized carbons (Fsp3) is 0.125. The van der Waals surface area contributed by atoms with Crippen molar-refractivity contribution in [3.05, 3.63) is 65.5 Å². The van der Waals surface area contributed by atoms with Gasteiger partial charge in [0.2, 0.25) is 0 Å². The number of rotatable bonds is 3. The number of benzene rings is 2. The van der Waals surface area contributed by atoms with E-state index >= 15 is 0 Å². The van der Waals surface area contributed by atoms with E-state index in [4.69, 9.17) is 5.73 Å². The van der Waals surface area contributed by atoms with E-state index in [2.05, 4.69) is 11.8 Å². The molecule has 0 unspecified atom stereocenters. The predicted octanol–water partition coefficient (Wildman–Crippen LogP) is 3.43. The zero-order valence-electron chi connectivity index (χ0n) is 10.4. The molecule has 0 spiro atoms. The molecule has 2 rings (SSSR count). The van der Waals surface area contributed by atoms with Crippen molar-refractivity contribution in [1.29, 1.82) is 0 Å². The van der Waals surface area contributed by atoms with Gasteiger partial charge in [-0.05, 0) is 23.8 Å². The molecule has 2 N–H and O–H groups in total. The largest absolute Gasteiger partial charge is 0.320 e. The molecule has 0 radical (unpaired) electrons. The van der Waals surface area contributed by atoms with Crippen LogP contribution in [0.4, 0.5) is 4.39 Å². The zero-order valence-corrected chi connectivity index (χ0v) is 11.2. The number of thioether (sulfide) groups is 1. The maximum atomic E-state index is 13.5. The molecule has 3 heteroatoms. The molecule has 0 amide bonds. The van der Waals surface area contributed by atoms with Gasteiger partial charge in [0.25, 0.3) is 0 Å². The first kappa shape index (κ1) is 13.7. The molecule has 0 heterocycles. The molecule has 2 aromatic carbocycles. The average molecular weight is 271 g/mol. The van der Waals surface area contributed by atoms with Crippen molar-refractivity contribution >= 4 is 11.8 Å². The Balaban J connectivity index is 2.14. The topological polar surface area (TPSA) is 26.0 Å². The molecule has 0 aromatic heterocycles. The van der Waals surface area contributed by atoms with E-state index in [1.54, 1.807) is 12.1 Å². The lowest BCUT2D eigenvalue weighted by atomic mass is 10.1. The predicted molar refractivity (Wildman–Crippen MR) is 78.3 cm³/mol. The molecule has 0 saturated carbocycles. The van der Waals surface area contributed by atoms with Gasteiger partial charge in [0.1, 0.15) is 5.82 Å². The van der Waals surface area contributed by atoms with Crippen LogP contribution in [0.1, 0.15) is 11.1 Å². The third kappa shape index (κ3) is 3.85. The summed E-state index contributed by atoms with van der Waals surface area (Å²) >= 11 is 1.47. The second kappa shape index (κ2) is 6.98. The van der Waals surface area contributed by atoms with Gasteiger partial charge < -0.3 is 5.73 Å². The lowest BCUT2D eigenvalue weighted by Crippen LogP contribution is -1.94. The van der Waals surface area contributed by atoms with Crippen molar-refractivity contribution in [2.45, 2.75) is 10.6 Å². The average Bonchev–Trinajstić information content (AvgIpc) is 2.45. The lowest BCUT2D eigenvalue weighted by Gasteiger charge is -2.05. The summed E-state index contributed by atoms with van der Waals surface area (Å²) in [5.41, 5.74) is 7.43. The molecular weight excluding hydrogens is 257 g/mol. The van der Waals surface area contributed by atoms with Crippen molar-refractivity contribution in [1.82, 2.24) is 0 Å². The maximum absolute atomic E-state index is 13.5. The van der Waals surface area contributed by atoms with Crippen LogP contribution >= 0.6 is 11.8 Å². The molecule has 19 heavy (non-hydrogen) atoms. The van der Waals surface area contributed by atoms with E-state index in [-0.39, 0.29) is 5.82 Å². The second-order valence-corrected chi connectivity index (χ2v) is 4.90. The van der Waals surface area contributed by atoms with Crippen LogP contribution in [-0.4, -0.2) is 6.54 Å². The Kier molecular flexibility index (Phi) is 5.02. The van der Waals surface area contributed by atoms with Crippen molar-refractivity contribution in [2.24, 2.45) is 5.73 Å². The molecule has 0 atom stereocenters. The monoisotopic (exact) mass is 271 g/mol. The van der Waals surface area contributed by atoms with Crippen LogP contribution in [0.5, 0.6) is 0 Å². The molecule has 0 saturated heterocycles. The van der Waals surface area contributed by atoms with Gasteiger partial charge in [-0.1, -0.05) is 42.2 Å². The van der Waals surface area contributed by atoms with E-state index in [0.29, 0.717) is 17.2 Å². The molecule has 0 aliphatic heterocycles. The van der Waals surface area contributed by atoms with Crippen LogP contribution in [0.25, 0.3) is 0 Å². The van der Waals surface area contributed by atoms with Crippen molar-refractivity contribution in [3.63, 3.8) is 0 Å². The van der Waals surface area contributed by atoms with Gasteiger partial charge >= 0.3 is 0 Å². The summed E-state index contributed by atoms with van der Waals surface area (Å²) in [7, 11) is 0. The van der Waals surface area contributed by atoms with Gasteiger partial charge in [-0.3, -0.25) is 0 Å². The Morgan fingerprint density at radius 3 is 2.58 bits per heavy atom. The molecule has 1 nitrogen and oxygen atoms in total. The Morgan fingerprint density at radius 2 is 1.79 bits per heavy atom. The van der Waals surface area contributed by atoms with Gasteiger partial charge in [0.15, 0.2) is 0 Å². The minimum Gasteiger partial charge on any atom is -0.320 e. The molecule has 2 aromatic rings. The van der Waals surface area contributed by atoms with Crippen LogP contribution in [0.3, 0.4) is 0 Å². The fourth-order valence-electron chi connectivity index (χ4n) is 1.63. The first-order valence-corrected chi connectivity index (χ1v) is 6.94. The normalized spacial score (nSPS) is 9.79. The SMILES string of the molecule is NCC#Cc1ccccc1CSc1ccccc1F. The van der Waals surface area contributed by atoms with Gasteiger partial charge in [0, 0.05) is 16.2 Å². The highest BCUT2D eigenvalue weighted by atomic mass is 32.2. The minimum atomic E-state index is -0.182. The Hall–Kier alpha value is -1.76. The van der Waals surface area contributed by atoms with Crippen LogP contribution in [0, 0.1) is 17.7 Å². The molecule has 96 valence electrons. The lowest BCUT2D eigenvalue weighted by molar-refractivity contribution is 0.602. The summed E-state index contributed by atoms with van der Waals surface area (Å²) in [5, 5.41) is 0. The molecular formula is C16H14FNS. The summed E-state index contributed by atoms with van der Waals surface area (Å²) in [4.78, 5) is 0.657. The number of nitrogens with two attached hydrogens (primary N) is 1. The Labute approximate surface area is 117 Å². The highest BCUT2D eigenvalue weighted by molar-refractivity contribution is 7.98. The summed E-state index contributed by atoms with van der Waals surface area (Å²) in [6.45, 7) is 0.342. The highest BCUT2D eigenvalue weighted by Crippen LogP contribution is 2.26. The third-order valence-electron chi connectivity index (χ3n) is 2.56. The zero-order chi connectivity index (χ0) is 13.5. The van der Waals surface area contributed by atoms with E-state index in [9.17, 15) is 4.39 Å². The van der Waals surface area contributed by atoms with E-state index in [0.717, 1.165) is 11.1 Å². The number of halogens is 1. The summed E-state index contributed by atoms with van der Waals surface area (Å²) in [6.07, 6.45) is 0. The van der Waals surface area contributed by atoms with Crippen LogP contribution < -0.4 is 5.73 Å². The van der Waals surface area contributed by atoms with Crippen molar-refractivity contribution in [3.8, 4) is 11.8 Å². The highest BCUT2D eigenvalue weighted by Gasteiger charge is 2.04. The number of hydrogen-bond donors (Lipinski definition) is 1. The Morgan fingerprint density at radius 1 is 1.05 bits per heavy atom. The van der Waals surface area contributed by atoms with E-state index in [1.165, 1.54) is 17.8 Å². The smallest absolute Gasteiger partial charge is 0.136 e. The quantitative estimate of drug-likeness (QED) is 0.683. The van der Waals surface area contributed by atoms with Gasteiger partial charge in [0.05, 0.1) is 6.54 Å². The van der Waals surface area contributed by atoms with Gasteiger partial charge in [-0.2, -0.15) is 0 Å². The first-order chi connectivity index (χ1) is 9.31. The van der Waals surface area contributed by atoms with Crippen molar-refractivity contribution < 1.29 is 4.39 Å². The maximum Gasteiger partial charge on any atom is 0.136 e. The molecule has 0 aliphatic rings. The van der Waals surface area contributed by atoms with E-state index in [1.807, 2.05) is 30.3 Å². The first-order valence-electron chi connectivity index (χ1n) is 5.95. The van der Waals surface area contributed by atoms with Gasteiger partial charge in [-0.25, -0.2) is 4.39 Å². The number of hydrogen-bond acceptors (Lipinski definition) is 2. The third-order valence-corrected chi connectivity index (χ3v) is 3.66. The summed E-state index contributed by atoms with van der Waals surface area (Å²) < 4.78 is 13.5. The fourth-order valence-corrected chi connectivity index (χ4v) is 2.58. The van der Waals surface area contributed by atoms with Crippen LogP contribution in [0.15, 0.2) is 53.4 Å². The van der Waals surface area contributed by atoms with E-state index < -0.39 is 0 Å². The Bertz CT molecular complexity index is 613. The van der Waals surface area contributed by atoms with Crippen LogP contribution in [-0.2, 0) is 5.75 Å². The van der Waals surface area contributed by atoms with Crippen LogP contribution in [0.2, 0.25) is 0 Å². The standard InChI is InChI=1S/C16H14FNS/c17-15-9-3-4-10-16(15)19-12-14-7-2-1-6-13(14)8-5-11-18/h1-4,6-7,9-10H,11-12,18H2. The molecule has 0 fully saturated rings. The molecule has 0 aliphatic carbocycles. The summed E-state index contributed by atoms with van der Waals surface area (Å²) in [5.74, 6) is 6.40. The van der Waals surface area contributed by atoms with Crippen molar-refractivity contribution in [2.75, 3.05) is 6.54 Å². The minimum absolute atomic E-state index is 0.182.